The Labute approximate surface area is 95.6 Å². The molecule has 1 atom stereocenters. The van der Waals surface area contributed by atoms with Crippen LogP contribution in [-0.4, -0.2) is 19.3 Å². The summed E-state index contributed by atoms with van der Waals surface area (Å²) in [6.45, 7) is 2.89. The predicted octanol–water partition coefficient (Wildman–Crippen LogP) is 3.10. The SMILES string of the molecule is CCC1(COC)Cc2c(Cl)cccc2N1. The van der Waals surface area contributed by atoms with Gasteiger partial charge in [0, 0.05) is 24.2 Å². The maximum Gasteiger partial charge on any atom is 0.0695 e. The molecule has 3 heteroatoms. The van der Waals surface area contributed by atoms with Crippen molar-refractivity contribution in [1.82, 2.24) is 0 Å². The largest absolute Gasteiger partial charge is 0.382 e. The Morgan fingerprint density at radius 3 is 2.93 bits per heavy atom. The number of ether oxygens (including phenoxy) is 1. The molecule has 1 aliphatic heterocycles. The molecule has 0 aromatic heterocycles. The predicted molar refractivity (Wildman–Crippen MR) is 63.7 cm³/mol. The fourth-order valence-electron chi connectivity index (χ4n) is 2.20. The van der Waals surface area contributed by atoms with E-state index in [2.05, 4.69) is 18.3 Å². The second kappa shape index (κ2) is 4.03. The van der Waals surface area contributed by atoms with Gasteiger partial charge in [0.05, 0.1) is 12.1 Å². The first kappa shape index (κ1) is 10.8. The van der Waals surface area contributed by atoms with Gasteiger partial charge in [-0.25, -0.2) is 0 Å². The van der Waals surface area contributed by atoms with Crippen LogP contribution in [0.3, 0.4) is 0 Å². The Bertz CT molecular complexity index is 367. The zero-order valence-corrected chi connectivity index (χ0v) is 9.90. The lowest BCUT2D eigenvalue weighted by molar-refractivity contribution is 0.143. The van der Waals surface area contributed by atoms with Gasteiger partial charge in [-0.1, -0.05) is 24.6 Å². The summed E-state index contributed by atoms with van der Waals surface area (Å²) in [5.74, 6) is 0. The van der Waals surface area contributed by atoms with Crippen LogP contribution >= 0.6 is 11.6 Å². The average Bonchev–Trinajstić information content (AvgIpc) is 2.59. The maximum atomic E-state index is 6.17. The van der Waals surface area contributed by atoms with Gasteiger partial charge >= 0.3 is 0 Å². The quantitative estimate of drug-likeness (QED) is 0.854. The molecular formula is C12H16ClNO. The zero-order valence-electron chi connectivity index (χ0n) is 9.14. The first-order valence-corrected chi connectivity index (χ1v) is 5.63. The van der Waals surface area contributed by atoms with Crippen LogP contribution in [0.4, 0.5) is 5.69 Å². The van der Waals surface area contributed by atoms with Gasteiger partial charge in [-0.15, -0.1) is 0 Å². The number of halogens is 1. The lowest BCUT2D eigenvalue weighted by atomic mass is 9.93. The molecule has 82 valence electrons. The summed E-state index contributed by atoms with van der Waals surface area (Å²) >= 11 is 6.17. The molecule has 1 aromatic carbocycles. The minimum absolute atomic E-state index is 0.0298. The molecule has 2 rings (SSSR count). The third-order valence-corrected chi connectivity index (χ3v) is 3.49. The molecule has 15 heavy (non-hydrogen) atoms. The van der Waals surface area contributed by atoms with E-state index >= 15 is 0 Å². The molecule has 0 saturated carbocycles. The second-order valence-corrected chi connectivity index (χ2v) is 4.54. The van der Waals surface area contributed by atoms with Crippen molar-refractivity contribution in [2.75, 3.05) is 19.0 Å². The third-order valence-electron chi connectivity index (χ3n) is 3.13. The number of hydrogen-bond acceptors (Lipinski definition) is 2. The van der Waals surface area contributed by atoms with Gasteiger partial charge in [-0.05, 0) is 24.1 Å². The van der Waals surface area contributed by atoms with Crippen molar-refractivity contribution >= 4 is 17.3 Å². The molecule has 1 aliphatic rings. The Morgan fingerprint density at radius 1 is 1.53 bits per heavy atom. The molecule has 0 bridgehead atoms. The Balaban J connectivity index is 2.31. The highest BCUT2D eigenvalue weighted by atomic mass is 35.5. The van der Waals surface area contributed by atoms with Crippen molar-refractivity contribution < 1.29 is 4.74 Å². The number of hydrogen-bond donors (Lipinski definition) is 1. The highest BCUT2D eigenvalue weighted by Crippen LogP contribution is 2.38. The minimum atomic E-state index is 0.0298. The fraction of sp³-hybridized carbons (Fsp3) is 0.500. The van der Waals surface area contributed by atoms with Gasteiger partial charge in [0.2, 0.25) is 0 Å². The molecule has 1 aromatic rings. The first-order chi connectivity index (χ1) is 7.21. The van der Waals surface area contributed by atoms with Gasteiger partial charge in [0.25, 0.3) is 0 Å². The van der Waals surface area contributed by atoms with Gasteiger partial charge in [-0.3, -0.25) is 0 Å². The molecule has 0 aliphatic carbocycles. The molecule has 2 nitrogen and oxygen atoms in total. The Morgan fingerprint density at radius 2 is 2.33 bits per heavy atom. The molecule has 0 radical (unpaired) electrons. The number of nitrogens with one attached hydrogen (secondary N) is 1. The van der Waals surface area contributed by atoms with Crippen LogP contribution in [0, 0.1) is 0 Å². The Kier molecular flexibility index (Phi) is 2.89. The Hall–Kier alpha value is -0.730. The van der Waals surface area contributed by atoms with E-state index in [1.54, 1.807) is 7.11 Å². The van der Waals surface area contributed by atoms with Crippen LogP contribution in [-0.2, 0) is 11.2 Å². The van der Waals surface area contributed by atoms with Crippen molar-refractivity contribution in [2.24, 2.45) is 0 Å². The third kappa shape index (κ3) is 1.84. The topological polar surface area (TPSA) is 21.3 Å². The van der Waals surface area contributed by atoms with E-state index in [4.69, 9.17) is 16.3 Å². The molecule has 1 N–H and O–H groups in total. The van der Waals surface area contributed by atoms with Gasteiger partial charge in [0.1, 0.15) is 0 Å². The zero-order chi connectivity index (χ0) is 10.9. The fourth-order valence-corrected chi connectivity index (χ4v) is 2.44. The first-order valence-electron chi connectivity index (χ1n) is 5.25. The lowest BCUT2D eigenvalue weighted by Crippen LogP contribution is -2.40. The van der Waals surface area contributed by atoms with E-state index < -0.39 is 0 Å². The number of anilines is 1. The number of rotatable bonds is 3. The summed E-state index contributed by atoms with van der Waals surface area (Å²) < 4.78 is 5.29. The van der Waals surface area contributed by atoms with Crippen LogP contribution in [0.5, 0.6) is 0 Å². The lowest BCUT2D eigenvalue weighted by Gasteiger charge is -2.27. The minimum Gasteiger partial charge on any atom is -0.382 e. The maximum absolute atomic E-state index is 6.17. The average molecular weight is 226 g/mol. The molecule has 0 amide bonds. The van der Waals surface area contributed by atoms with Crippen molar-refractivity contribution in [3.05, 3.63) is 28.8 Å². The van der Waals surface area contributed by atoms with Crippen molar-refractivity contribution in [3.63, 3.8) is 0 Å². The van der Waals surface area contributed by atoms with Crippen LogP contribution in [0.25, 0.3) is 0 Å². The van der Waals surface area contributed by atoms with Crippen LogP contribution in [0.15, 0.2) is 18.2 Å². The molecule has 1 heterocycles. The highest BCUT2D eigenvalue weighted by molar-refractivity contribution is 6.31. The van der Waals surface area contributed by atoms with Gasteiger partial charge in [0.15, 0.2) is 0 Å². The van der Waals surface area contributed by atoms with Crippen molar-refractivity contribution in [2.45, 2.75) is 25.3 Å². The summed E-state index contributed by atoms with van der Waals surface area (Å²) in [5.41, 5.74) is 2.40. The van der Waals surface area contributed by atoms with Gasteiger partial charge < -0.3 is 10.1 Å². The van der Waals surface area contributed by atoms with Gasteiger partial charge in [-0.2, -0.15) is 0 Å². The van der Waals surface area contributed by atoms with E-state index in [-0.39, 0.29) is 5.54 Å². The standard InChI is InChI=1S/C12H16ClNO/c1-3-12(8-15-2)7-9-10(13)5-4-6-11(9)14-12/h4-6,14H,3,7-8H2,1-2H3. The van der Waals surface area contributed by atoms with Crippen LogP contribution in [0.2, 0.25) is 5.02 Å². The summed E-state index contributed by atoms with van der Waals surface area (Å²) in [6.07, 6.45) is 1.98. The molecule has 0 saturated heterocycles. The summed E-state index contributed by atoms with van der Waals surface area (Å²) in [7, 11) is 1.74. The smallest absolute Gasteiger partial charge is 0.0695 e. The molecule has 1 unspecified atom stereocenters. The summed E-state index contributed by atoms with van der Waals surface area (Å²) in [6, 6.07) is 6.00. The van der Waals surface area contributed by atoms with E-state index in [1.807, 2.05) is 12.1 Å². The van der Waals surface area contributed by atoms with Crippen molar-refractivity contribution in [3.8, 4) is 0 Å². The monoisotopic (exact) mass is 225 g/mol. The van der Waals surface area contributed by atoms with E-state index in [1.165, 1.54) is 5.56 Å². The normalized spacial score (nSPS) is 23.7. The van der Waals surface area contributed by atoms with Crippen LogP contribution in [0.1, 0.15) is 18.9 Å². The van der Waals surface area contributed by atoms with Crippen molar-refractivity contribution in [1.29, 1.82) is 0 Å². The van der Waals surface area contributed by atoms with E-state index in [9.17, 15) is 0 Å². The number of benzene rings is 1. The summed E-state index contributed by atoms with van der Waals surface area (Å²) in [4.78, 5) is 0. The van der Waals surface area contributed by atoms with E-state index in [0.717, 1.165) is 23.6 Å². The second-order valence-electron chi connectivity index (χ2n) is 4.13. The van der Waals surface area contributed by atoms with Crippen LogP contribution < -0.4 is 5.32 Å². The number of fused-ring (bicyclic) bond motifs is 1. The van der Waals surface area contributed by atoms with E-state index in [0.29, 0.717) is 6.61 Å². The number of methoxy groups -OCH3 is 1. The molecular weight excluding hydrogens is 210 g/mol. The molecule has 0 spiro atoms. The summed E-state index contributed by atoms with van der Waals surface area (Å²) in [5, 5.41) is 4.38. The highest BCUT2D eigenvalue weighted by Gasteiger charge is 2.36. The molecule has 0 fully saturated rings.